The van der Waals surface area contributed by atoms with Crippen molar-refractivity contribution in [2.24, 2.45) is 5.92 Å². The quantitative estimate of drug-likeness (QED) is 0.500. The molecule has 32 heavy (non-hydrogen) atoms. The maximum absolute atomic E-state index is 12.5. The van der Waals surface area contributed by atoms with Crippen LogP contribution in [0.5, 0.6) is 0 Å². The number of hydrogen-bond donors (Lipinski definition) is 1. The summed E-state index contributed by atoms with van der Waals surface area (Å²) >= 11 is 0. The molecule has 4 rings (SSSR count). The molecule has 1 aliphatic rings. The van der Waals surface area contributed by atoms with Crippen LogP contribution in [0.15, 0.2) is 48.5 Å². The number of benzene rings is 2. The lowest BCUT2D eigenvalue weighted by Crippen LogP contribution is -2.36. The van der Waals surface area contributed by atoms with Gasteiger partial charge < -0.3 is 9.88 Å². The highest BCUT2D eigenvalue weighted by atomic mass is 16.2. The van der Waals surface area contributed by atoms with Gasteiger partial charge in [0, 0.05) is 31.1 Å². The summed E-state index contributed by atoms with van der Waals surface area (Å²) in [6, 6.07) is 17.6. The lowest BCUT2D eigenvalue weighted by Gasteiger charge is -2.28. The molecular weight excluding hydrogens is 396 g/mol. The van der Waals surface area contributed by atoms with Crippen LogP contribution in [0.2, 0.25) is 0 Å². The first-order chi connectivity index (χ1) is 15.5. The number of fused-ring (bicyclic) bond motifs is 1. The number of nitrogens with zero attached hydrogens (tertiary/aromatic N) is 3. The van der Waals surface area contributed by atoms with Crippen LogP contribution < -0.4 is 0 Å². The number of likely N-dealkylation sites (tertiary alicyclic amines) is 1. The Bertz CT molecular complexity index is 1040. The van der Waals surface area contributed by atoms with Crippen molar-refractivity contribution in [2.75, 3.05) is 20.1 Å². The second kappa shape index (κ2) is 9.86. The number of nitrogens with one attached hydrogen (secondary N) is 1. The first kappa shape index (κ1) is 22.5. The third-order valence-electron chi connectivity index (χ3n) is 6.82. The van der Waals surface area contributed by atoms with Crippen LogP contribution in [-0.4, -0.2) is 51.9 Å². The molecule has 3 aromatic rings. The average Bonchev–Trinajstić information content (AvgIpc) is 3.37. The summed E-state index contributed by atoms with van der Waals surface area (Å²) in [5.41, 5.74) is 4.50. The highest BCUT2D eigenvalue weighted by Crippen LogP contribution is 2.37. The zero-order valence-corrected chi connectivity index (χ0v) is 19.8. The van der Waals surface area contributed by atoms with Crippen LogP contribution >= 0.6 is 0 Å². The molecule has 170 valence electrons. The van der Waals surface area contributed by atoms with E-state index in [-0.39, 0.29) is 11.9 Å². The fourth-order valence-corrected chi connectivity index (χ4v) is 4.99. The van der Waals surface area contributed by atoms with Gasteiger partial charge in [-0.2, -0.15) is 0 Å². The van der Waals surface area contributed by atoms with Crippen molar-refractivity contribution in [3.05, 3.63) is 54.4 Å². The number of H-pyrrole nitrogens is 1. The molecule has 2 heterocycles. The van der Waals surface area contributed by atoms with E-state index in [0.717, 1.165) is 49.2 Å². The van der Waals surface area contributed by atoms with E-state index in [0.29, 0.717) is 18.4 Å². The Morgan fingerprint density at radius 3 is 2.66 bits per heavy atom. The Morgan fingerprint density at radius 2 is 1.94 bits per heavy atom. The molecule has 0 bridgehead atoms. The van der Waals surface area contributed by atoms with Gasteiger partial charge in [0.05, 0.1) is 17.1 Å². The van der Waals surface area contributed by atoms with Gasteiger partial charge in [-0.3, -0.25) is 9.69 Å². The number of aromatic nitrogens is 2. The second-order valence-corrected chi connectivity index (χ2v) is 9.46. The molecule has 0 radical (unpaired) electrons. The van der Waals surface area contributed by atoms with Gasteiger partial charge in [-0.1, -0.05) is 56.3 Å². The Labute approximate surface area is 191 Å². The topological polar surface area (TPSA) is 52.2 Å². The molecule has 1 N–H and O–H groups in total. The predicted molar refractivity (Wildman–Crippen MR) is 131 cm³/mol. The Morgan fingerprint density at radius 1 is 1.16 bits per heavy atom. The molecule has 5 nitrogen and oxygen atoms in total. The van der Waals surface area contributed by atoms with E-state index in [1.54, 1.807) is 0 Å². The van der Waals surface area contributed by atoms with Crippen molar-refractivity contribution in [3.8, 4) is 11.1 Å². The van der Waals surface area contributed by atoms with Crippen LogP contribution in [0.3, 0.4) is 0 Å². The molecule has 0 spiro atoms. The van der Waals surface area contributed by atoms with E-state index in [4.69, 9.17) is 4.98 Å². The smallest absolute Gasteiger partial charge is 0.222 e. The number of rotatable bonds is 8. The van der Waals surface area contributed by atoms with E-state index in [9.17, 15) is 4.79 Å². The number of carbonyl (C=O) groups excluding carboxylic acids is 1. The Balaban J connectivity index is 1.47. The van der Waals surface area contributed by atoms with E-state index < -0.39 is 0 Å². The normalized spacial score (nSPS) is 19.2. The summed E-state index contributed by atoms with van der Waals surface area (Å²) in [6.07, 6.45) is 3.88. The van der Waals surface area contributed by atoms with Gasteiger partial charge in [0.15, 0.2) is 0 Å². The van der Waals surface area contributed by atoms with Crippen LogP contribution in [0, 0.1) is 5.92 Å². The largest absolute Gasteiger partial charge is 0.343 e. The van der Waals surface area contributed by atoms with Crippen molar-refractivity contribution in [1.29, 1.82) is 0 Å². The first-order valence-corrected chi connectivity index (χ1v) is 12.0. The zero-order chi connectivity index (χ0) is 22.7. The summed E-state index contributed by atoms with van der Waals surface area (Å²) in [5.74, 6) is 1.74. The SMILES string of the molecule is CCN(CCC1CCC(c2nc3c(-c4ccccc4)cccc3[nH]2)N1C)C(=O)CC(C)C. The van der Waals surface area contributed by atoms with Gasteiger partial charge in [-0.15, -0.1) is 0 Å². The van der Waals surface area contributed by atoms with Gasteiger partial charge in [-0.25, -0.2) is 4.98 Å². The number of imidazole rings is 1. The van der Waals surface area contributed by atoms with Gasteiger partial charge in [-0.05, 0) is 50.8 Å². The minimum Gasteiger partial charge on any atom is -0.343 e. The number of aromatic amines is 1. The maximum Gasteiger partial charge on any atom is 0.222 e. The third-order valence-corrected chi connectivity index (χ3v) is 6.82. The monoisotopic (exact) mass is 432 g/mol. The molecule has 1 saturated heterocycles. The minimum atomic E-state index is 0.283. The fourth-order valence-electron chi connectivity index (χ4n) is 4.99. The summed E-state index contributed by atoms with van der Waals surface area (Å²) in [4.78, 5) is 25.6. The fraction of sp³-hybridized carbons (Fsp3) is 0.481. The third kappa shape index (κ3) is 4.73. The number of carbonyl (C=O) groups is 1. The first-order valence-electron chi connectivity index (χ1n) is 12.0. The number of para-hydroxylation sites is 1. The van der Waals surface area contributed by atoms with E-state index >= 15 is 0 Å². The van der Waals surface area contributed by atoms with Gasteiger partial charge in [0.25, 0.3) is 0 Å². The maximum atomic E-state index is 12.5. The van der Waals surface area contributed by atoms with Crippen LogP contribution in [-0.2, 0) is 4.79 Å². The molecule has 0 aliphatic carbocycles. The minimum absolute atomic E-state index is 0.283. The van der Waals surface area contributed by atoms with Gasteiger partial charge in [0.1, 0.15) is 5.82 Å². The molecule has 1 aliphatic heterocycles. The van der Waals surface area contributed by atoms with Gasteiger partial charge >= 0.3 is 0 Å². The van der Waals surface area contributed by atoms with E-state index in [2.05, 4.69) is 80.2 Å². The summed E-state index contributed by atoms with van der Waals surface area (Å²) < 4.78 is 0. The lowest BCUT2D eigenvalue weighted by atomic mass is 10.0. The molecule has 2 unspecified atom stereocenters. The van der Waals surface area contributed by atoms with E-state index in [1.807, 2.05) is 11.0 Å². The van der Waals surface area contributed by atoms with Crippen molar-refractivity contribution < 1.29 is 4.79 Å². The number of amides is 1. The lowest BCUT2D eigenvalue weighted by molar-refractivity contribution is -0.132. The summed E-state index contributed by atoms with van der Waals surface area (Å²) in [6.45, 7) is 7.92. The van der Waals surface area contributed by atoms with Crippen LogP contribution in [0.1, 0.15) is 58.3 Å². The highest BCUT2D eigenvalue weighted by Gasteiger charge is 2.33. The molecule has 1 fully saturated rings. The Hall–Kier alpha value is -2.66. The van der Waals surface area contributed by atoms with E-state index in [1.165, 1.54) is 11.1 Å². The molecule has 5 heteroatoms. The van der Waals surface area contributed by atoms with Crippen molar-refractivity contribution in [3.63, 3.8) is 0 Å². The summed E-state index contributed by atoms with van der Waals surface area (Å²) in [7, 11) is 2.21. The Kier molecular flexibility index (Phi) is 6.95. The molecular formula is C27H36N4O. The average molecular weight is 433 g/mol. The molecule has 0 saturated carbocycles. The predicted octanol–water partition coefficient (Wildman–Crippen LogP) is 5.65. The molecule has 1 aromatic heterocycles. The van der Waals surface area contributed by atoms with Crippen LogP contribution in [0.4, 0.5) is 0 Å². The van der Waals surface area contributed by atoms with Gasteiger partial charge in [0.2, 0.25) is 5.91 Å². The van der Waals surface area contributed by atoms with Crippen LogP contribution in [0.25, 0.3) is 22.2 Å². The number of hydrogen-bond acceptors (Lipinski definition) is 3. The zero-order valence-electron chi connectivity index (χ0n) is 19.8. The van der Waals surface area contributed by atoms with Crippen molar-refractivity contribution >= 4 is 16.9 Å². The second-order valence-electron chi connectivity index (χ2n) is 9.46. The molecule has 2 aromatic carbocycles. The highest BCUT2D eigenvalue weighted by molar-refractivity contribution is 5.92. The molecule has 1 amide bonds. The van der Waals surface area contributed by atoms with Crippen molar-refractivity contribution in [2.45, 2.75) is 58.5 Å². The van der Waals surface area contributed by atoms with Crippen molar-refractivity contribution in [1.82, 2.24) is 19.8 Å². The standard InChI is InChI=1S/C27H36N4O/c1-5-31(25(32)18-19(2)3)17-16-21-14-15-24(30(21)4)27-28-23-13-9-12-22(26(23)29-27)20-10-7-6-8-11-20/h6-13,19,21,24H,5,14-18H2,1-4H3,(H,28,29). The molecule has 2 atom stereocenters. The summed E-state index contributed by atoms with van der Waals surface area (Å²) in [5, 5.41) is 0.